The molecule has 0 aromatic heterocycles. The van der Waals surface area contributed by atoms with Crippen LogP contribution >= 0.6 is 28.6 Å². The van der Waals surface area contributed by atoms with Crippen LogP contribution in [0.4, 0.5) is 5.69 Å². The van der Waals surface area contributed by atoms with Crippen molar-refractivity contribution in [1.29, 1.82) is 5.26 Å². The van der Waals surface area contributed by atoms with Crippen molar-refractivity contribution in [2.75, 3.05) is 19.1 Å². The van der Waals surface area contributed by atoms with Gasteiger partial charge in [0.25, 0.3) is 0 Å². The van der Waals surface area contributed by atoms with Crippen molar-refractivity contribution < 1.29 is 19.1 Å². The zero-order valence-electron chi connectivity index (χ0n) is 16.6. The molecule has 7 nitrogen and oxygen atoms in total. The van der Waals surface area contributed by atoms with Crippen LogP contribution in [0.15, 0.2) is 80.6 Å². The summed E-state index contributed by atoms with van der Waals surface area (Å²) in [7, 11) is 2.40. The molecule has 1 aliphatic heterocycles. The van der Waals surface area contributed by atoms with Gasteiger partial charge < -0.3 is 15.2 Å². The Bertz CT molecular complexity index is 1160. The van der Waals surface area contributed by atoms with Crippen LogP contribution in [0.1, 0.15) is 11.5 Å². The molecule has 1 unspecified atom stereocenters. The number of nitrogens with zero attached hydrogens (tertiary/aromatic N) is 2. The van der Waals surface area contributed by atoms with E-state index in [0.717, 1.165) is 4.47 Å². The third-order valence-electron chi connectivity index (χ3n) is 4.79. The Balaban J connectivity index is 2.43. The molecule has 9 heteroatoms. The fourth-order valence-corrected chi connectivity index (χ4v) is 4.30. The van der Waals surface area contributed by atoms with E-state index in [-0.39, 0.29) is 22.7 Å². The van der Waals surface area contributed by atoms with Gasteiger partial charge in [-0.3, -0.25) is 4.90 Å². The van der Waals surface area contributed by atoms with Crippen molar-refractivity contribution in [3.8, 4) is 6.07 Å². The van der Waals surface area contributed by atoms with Crippen molar-refractivity contribution in [2.45, 2.75) is 10.8 Å². The number of hydrogen-bond acceptors (Lipinski definition) is 8. The summed E-state index contributed by atoms with van der Waals surface area (Å²) in [5, 5.41) is 9.99. The van der Waals surface area contributed by atoms with Gasteiger partial charge in [-0.1, -0.05) is 46.3 Å². The van der Waals surface area contributed by atoms with Gasteiger partial charge in [0.15, 0.2) is 0 Å². The molecule has 0 spiro atoms. The maximum absolute atomic E-state index is 13.0. The van der Waals surface area contributed by atoms with E-state index in [1.165, 1.54) is 19.1 Å². The summed E-state index contributed by atoms with van der Waals surface area (Å²) < 4.78 is 10.7. The molecule has 158 valence electrons. The summed E-state index contributed by atoms with van der Waals surface area (Å²) in [5.41, 5.74) is 7.32. The number of carbonyl (C=O) groups excluding carboxylic acids is 2. The maximum atomic E-state index is 13.0. The highest BCUT2D eigenvalue weighted by atomic mass is 79.9. The molecule has 0 fully saturated rings. The predicted octanol–water partition coefficient (Wildman–Crippen LogP) is 3.64. The van der Waals surface area contributed by atoms with E-state index in [0.29, 0.717) is 16.1 Å². The molecule has 1 heterocycles. The number of halogens is 1. The molecular formula is C22H18BrN3O4S. The molecule has 0 bridgehead atoms. The summed E-state index contributed by atoms with van der Waals surface area (Å²) in [4.78, 5) is 27.7. The number of carbonyl (C=O) groups is 2. The number of nitrogens with two attached hydrogens (primary N) is 1. The number of benzene rings is 2. The van der Waals surface area contributed by atoms with Crippen LogP contribution in [0.5, 0.6) is 0 Å². The molecule has 2 aromatic rings. The highest BCUT2D eigenvalue weighted by Gasteiger charge is 2.43. The molecule has 3 rings (SSSR count). The highest BCUT2D eigenvalue weighted by molar-refractivity contribution is 9.10. The van der Waals surface area contributed by atoms with Crippen LogP contribution in [-0.4, -0.2) is 26.2 Å². The van der Waals surface area contributed by atoms with Crippen LogP contribution in [0.2, 0.25) is 0 Å². The van der Waals surface area contributed by atoms with Gasteiger partial charge in [-0.05, 0) is 23.8 Å². The standard InChI is InChI=1S/C22H18BrN3O4S/c1-29-21(27)18-17(12-6-4-3-5-7-12)14(11-24)20(25)26(19(18)22(28)30-2)15-9-8-13(23)10-16(15)31/h3-10,17,31H,25H2,1-2H3. The monoisotopic (exact) mass is 499 g/mol. The molecule has 31 heavy (non-hydrogen) atoms. The van der Waals surface area contributed by atoms with Crippen LogP contribution in [0.25, 0.3) is 0 Å². The average molecular weight is 500 g/mol. The summed E-state index contributed by atoms with van der Waals surface area (Å²) >= 11 is 7.85. The second-order valence-electron chi connectivity index (χ2n) is 6.47. The zero-order chi connectivity index (χ0) is 22.7. The van der Waals surface area contributed by atoms with E-state index in [1.54, 1.807) is 48.5 Å². The Morgan fingerprint density at radius 3 is 2.32 bits per heavy atom. The third-order valence-corrected chi connectivity index (χ3v) is 5.64. The number of anilines is 1. The molecule has 0 saturated carbocycles. The van der Waals surface area contributed by atoms with Crippen LogP contribution in [0.3, 0.4) is 0 Å². The lowest BCUT2D eigenvalue weighted by atomic mass is 9.81. The predicted molar refractivity (Wildman–Crippen MR) is 121 cm³/mol. The van der Waals surface area contributed by atoms with E-state index in [2.05, 4.69) is 34.6 Å². The molecule has 2 aromatic carbocycles. The second kappa shape index (κ2) is 9.29. The first kappa shape index (κ1) is 22.5. The van der Waals surface area contributed by atoms with Gasteiger partial charge >= 0.3 is 11.9 Å². The van der Waals surface area contributed by atoms with Gasteiger partial charge in [0, 0.05) is 9.37 Å². The molecule has 0 aliphatic carbocycles. The first-order valence-electron chi connectivity index (χ1n) is 8.99. The van der Waals surface area contributed by atoms with Gasteiger partial charge in [0.1, 0.15) is 11.5 Å². The van der Waals surface area contributed by atoms with Crippen molar-refractivity contribution in [3.63, 3.8) is 0 Å². The molecule has 1 atom stereocenters. The fraction of sp³-hybridized carbons (Fsp3) is 0.136. The Kier molecular flexibility index (Phi) is 6.73. The second-order valence-corrected chi connectivity index (χ2v) is 7.87. The summed E-state index contributed by atoms with van der Waals surface area (Å²) in [5.74, 6) is -2.51. The largest absolute Gasteiger partial charge is 0.466 e. The van der Waals surface area contributed by atoms with Crippen molar-refractivity contribution in [1.82, 2.24) is 0 Å². The fourth-order valence-electron chi connectivity index (χ4n) is 3.45. The summed E-state index contributed by atoms with van der Waals surface area (Å²) in [6.45, 7) is 0. The minimum atomic E-state index is -0.914. The lowest BCUT2D eigenvalue weighted by Gasteiger charge is -2.36. The maximum Gasteiger partial charge on any atom is 0.355 e. The van der Waals surface area contributed by atoms with E-state index in [1.807, 2.05) is 0 Å². The minimum Gasteiger partial charge on any atom is -0.466 e. The first-order chi connectivity index (χ1) is 14.8. The normalized spacial score (nSPS) is 16.1. The van der Waals surface area contributed by atoms with Gasteiger partial charge in [0.05, 0.1) is 43.0 Å². The lowest BCUT2D eigenvalue weighted by molar-refractivity contribution is -0.139. The molecule has 1 aliphatic rings. The Morgan fingerprint density at radius 1 is 1.13 bits per heavy atom. The number of ether oxygens (including phenoxy) is 2. The number of esters is 2. The topological polar surface area (TPSA) is 106 Å². The Morgan fingerprint density at radius 2 is 1.77 bits per heavy atom. The highest BCUT2D eigenvalue weighted by Crippen LogP contribution is 2.44. The van der Waals surface area contributed by atoms with Gasteiger partial charge in [-0.15, -0.1) is 12.6 Å². The van der Waals surface area contributed by atoms with Crippen molar-refractivity contribution in [2.24, 2.45) is 5.73 Å². The van der Waals surface area contributed by atoms with Crippen molar-refractivity contribution in [3.05, 3.63) is 81.2 Å². The zero-order valence-corrected chi connectivity index (χ0v) is 19.1. The van der Waals surface area contributed by atoms with Gasteiger partial charge in [0.2, 0.25) is 0 Å². The molecule has 2 N–H and O–H groups in total. The number of rotatable bonds is 4. The molecule has 0 saturated heterocycles. The van der Waals surface area contributed by atoms with E-state index < -0.39 is 17.9 Å². The average Bonchev–Trinajstić information content (AvgIpc) is 2.78. The number of thiol groups is 1. The summed E-state index contributed by atoms with van der Waals surface area (Å²) in [6.07, 6.45) is 0. The van der Waals surface area contributed by atoms with Gasteiger partial charge in [-0.25, -0.2) is 9.59 Å². The van der Waals surface area contributed by atoms with E-state index >= 15 is 0 Å². The summed E-state index contributed by atoms with van der Waals surface area (Å²) in [6, 6.07) is 16.0. The Labute approximate surface area is 193 Å². The molecule has 0 radical (unpaired) electrons. The minimum absolute atomic E-state index is 0.0120. The molecule has 0 amide bonds. The van der Waals surface area contributed by atoms with Gasteiger partial charge in [-0.2, -0.15) is 5.26 Å². The number of allylic oxidation sites excluding steroid dienone is 1. The lowest BCUT2D eigenvalue weighted by Crippen LogP contribution is -2.41. The number of hydrogen-bond donors (Lipinski definition) is 2. The smallest absolute Gasteiger partial charge is 0.355 e. The van der Waals surface area contributed by atoms with Crippen molar-refractivity contribution >= 4 is 46.2 Å². The third kappa shape index (κ3) is 4.04. The Hall–Kier alpha value is -3.22. The number of methoxy groups -OCH3 is 2. The first-order valence-corrected chi connectivity index (χ1v) is 10.2. The quantitative estimate of drug-likeness (QED) is 0.488. The van der Waals surface area contributed by atoms with E-state index in [4.69, 9.17) is 15.2 Å². The number of nitriles is 1. The van der Waals surface area contributed by atoms with Crippen LogP contribution < -0.4 is 10.6 Å². The van der Waals surface area contributed by atoms with Crippen LogP contribution in [0, 0.1) is 11.3 Å². The van der Waals surface area contributed by atoms with Crippen LogP contribution in [-0.2, 0) is 19.1 Å². The van der Waals surface area contributed by atoms with E-state index in [9.17, 15) is 14.9 Å². The SMILES string of the molecule is COC(=O)C1=C(C(=O)OC)N(c2ccc(Br)cc2S)C(N)=C(C#N)C1c1ccccc1. The molecular weight excluding hydrogens is 482 g/mol.